The zero-order valence-electron chi connectivity index (χ0n) is 33.6. The van der Waals surface area contributed by atoms with Crippen LogP contribution in [0.2, 0.25) is 0 Å². The molecule has 0 aliphatic heterocycles. The Morgan fingerprint density at radius 1 is 0.709 bits per heavy atom. The van der Waals surface area contributed by atoms with E-state index in [2.05, 4.69) is 54.8 Å². The Balaban J connectivity index is 2.31. The predicted molar refractivity (Wildman–Crippen MR) is 218 cm³/mol. The molecule has 316 valence electrons. The molecule has 0 aromatic rings. The summed E-state index contributed by atoms with van der Waals surface area (Å²) in [4.78, 5) is 43.0. The van der Waals surface area contributed by atoms with Crippen LogP contribution in [0.15, 0.2) is 60.8 Å². The van der Waals surface area contributed by atoms with Crippen LogP contribution in [0.5, 0.6) is 0 Å². The molecule has 0 spiro atoms. The third-order valence-corrected chi connectivity index (χ3v) is 10.1. The summed E-state index contributed by atoms with van der Waals surface area (Å²) in [7, 11) is -4.83. The van der Waals surface area contributed by atoms with Crippen molar-refractivity contribution in [2.75, 3.05) is 13.2 Å². The van der Waals surface area contributed by atoms with E-state index in [1.807, 2.05) is 18.2 Å². The minimum absolute atomic E-state index is 0.0895. The molecule has 0 unspecified atom stereocenters. The van der Waals surface area contributed by atoms with Gasteiger partial charge < -0.3 is 34.6 Å². The van der Waals surface area contributed by atoms with Gasteiger partial charge in [-0.25, -0.2) is 4.57 Å². The lowest BCUT2D eigenvalue weighted by Crippen LogP contribution is -2.29. The second kappa shape index (κ2) is 32.7. The van der Waals surface area contributed by atoms with Crippen LogP contribution in [-0.4, -0.2) is 74.7 Å². The Labute approximate surface area is 331 Å². The maximum Gasteiger partial charge on any atom is 0.469 e. The summed E-state index contributed by atoms with van der Waals surface area (Å²) < 4.78 is 26.3. The van der Waals surface area contributed by atoms with Crippen LogP contribution >= 0.6 is 7.82 Å². The third kappa shape index (κ3) is 28.6. The number of aliphatic hydroxyl groups is 3. The van der Waals surface area contributed by atoms with Crippen molar-refractivity contribution in [1.29, 1.82) is 0 Å². The van der Waals surface area contributed by atoms with Gasteiger partial charge in [-0.05, 0) is 70.1 Å². The van der Waals surface area contributed by atoms with Crippen molar-refractivity contribution in [3.8, 4) is 0 Å². The molecule has 0 aromatic carbocycles. The highest BCUT2D eigenvalue weighted by Crippen LogP contribution is 2.37. The summed E-state index contributed by atoms with van der Waals surface area (Å²) in [6.07, 6.45) is 34.4. The minimum Gasteiger partial charge on any atom is -0.462 e. The number of carbonyl (C=O) groups excluding carboxylic acids is 2. The average Bonchev–Trinajstić information content (AvgIpc) is 3.41. The highest BCUT2D eigenvalue weighted by Gasteiger charge is 2.39. The number of allylic oxidation sites excluding steroid dienone is 8. The number of hydrogen-bond acceptors (Lipinski definition) is 9. The van der Waals surface area contributed by atoms with Gasteiger partial charge in [-0.1, -0.05) is 126 Å². The van der Waals surface area contributed by atoms with E-state index in [0.717, 1.165) is 70.6 Å². The maximum atomic E-state index is 12.4. The van der Waals surface area contributed by atoms with Crippen molar-refractivity contribution in [1.82, 2.24) is 0 Å². The molecular weight excluding hydrogens is 723 g/mol. The SMILES string of the molecule is CCCCC/C=C\C/C=C\C/C=C\C/C=C\CCCC(=O)O[C@H](COC(=O)CCCCCC[C@@H]1[C@@H](/C=C/[C@@H](O)CCCCC)[C@H](O)C[C@@H]1O)COP(=O)(O)O. The van der Waals surface area contributed by atoms with E-state index >= 15 is 0 Å². The summed E-state index contributed by atoms with van der Waals surface area (Å²) in [5.74, 6) is -1.39. The van der Waals surface area contributed by atoms with Crippen LogP contribution < -0.4 is 0 Å². The lowest BCUT2D eigenvalue weighted by Gasteiger charge is -2.21. The third-order valence-electron chi connectivity index (χ3n) is 9.61. The molecule has 11 nitrogen and oxygen atoms in total. The summed E-state index contributed by atoms with van der Waals surface area (Å²) >= 11 is 0. The van der Waals surface area contributed by atoms with Gasteiger partial charge in [-0.15, -0.1) is 0 Å². The Morgan fingerprint density at radius 2 is 1.29 bits per heavy atom. The molecule has 0 amide bonds. The first-order valence-electron chi connectivity index (χ1n) is 20.8. The fourth-order valence-corrected chi connectivity index (χ4v) is 6.82. The fraction of sp³-hybridized carbons (Fsp3) is 0.721. The van der Waals surface area contributed by atoms with Gasteiger partial charge in [0.25, 0.3) is 0 Å². The van der Waals surface area contributed by atoms with Crippen molar-refractivity contribution in [3.05, 3.63) is 60.8 Å². The topological polar surface area (TPSA) is 180 Å². The van der Waals surface area contributed by atoms with Gasteiger partial charge >= 0.3 is 19.8 Å². The highest BCUT2D eigenvalue weighted by molar-refractivity contribution is 7.46. The van der Waals surface area contributed by atoms with Gasteiger partial charge in [-0.2, -0.15) is 0 Å². The van der Waals surface area contributed by atoms with Crippen LogP contribution in [0.1, 0.15) is 149 Å². The minimum atomic E-state index is -4.83. The Hall–Kier alpha value is -2.37. The maximum absolute atomic E-state index is 12.4. The van der Waals surface area contributed by atoms with Crippen molar-refractivity contribution < 1.29 is 53.3 Å². The van der Waals surface area contributed by atoms with E-state index in [4.69, 9.17) is 19.3 Å². The second-order valence-electron chi connectivity index (χ2n) is 14.6. The number of aliphatic hydroxyl groups excluding tert-OH is 3. The average molecular weight is 797 g/mol. The van der Waals surface area contributed by atoms with Gasteiger partial charge in [0.1, 0.15) is 6.61 Å². The summed E-state index contributed by atoms with van der Waals surface area (Å²) in [5, 5.41) is 31.2. The standard InChI is InChI=1S/C43H73O11P/c1-3-5-7-8-9-10-11-12-13-14-15-16-17-18-19-20-26-30-43(48)54-37(35-53-55(49,50)51)34-52-42(47)29-25-22-21-24-28-38-39(41(46)33-40(38)45)32-31-36(44)27-23-6-4-2/h9-10,12-13,15-16,18-19,31-32,36-41,44-46H,3-8,11,14,17,20-30,33-35H2,1-2H3,(H2,49,50,51)/b10-9-,13-12-,16-15-,19-18-,32-31+/t36-,37+,38+,39+,40-,41+/m0/s1. The molecule has 0 aromatic heterocycles. The van der Waals surface area contributed by atoms with E-state index in [1.54, 1.807) is 6.08 Å². The molecule has 0 bridgehead atoms. The van der Waals surface area contributed by atoms with Crippen LogP contribution in [0.25, 0.3) is 0 Å². The zero-order valence-corrected chi connectivity index (χ0v) is 34.5. The number of carbonyl (C=O) groups is 2. The summed E-state index contributed by atoms with van der Waals surface area (Å²) in [6, 6.07) is 0. The van der Waals surface area contributed by atoms with E-state index < -0.39 is 50.8 Å². The largest absolute Gasteiger partial charge is 0.469 e. The fourth-order valence-electron chi connectivity index (χ4n) is 6.46. The lowest BCUT2D eigenvalue weighted by atomic mass is 9.88. The monoisotopic (exact) mass is 796 g/mol. The first kappa shape index (κ1) is 50.6. The van der Waals surface area contributed by atoms with Crippen molar-refractivity contribution in [2.45, 2.75) is 173 Å². The number of esters is 2. The van der Waals surface area contributed by atoms with E-state index in [9.17, 15) is 29.5 Å². The number of rotatable bonds is 33. The van der Waals surface area contributed by atoms with Crippen LogP contribution in [0, 0.1) is 11.8 Å². The quantitative estimate of drug-likeness (QED) is 0.0185. The molecule has 1 rings (SSSR count). The van der Waals surface area contributed by atoms with E-state index in [-0.39, 0.29) is 31.3 Å². The molecule has 1 fully saturated rings. The Bertz CT molecular complexity index is 1190. The van der Waals surface area contributed by atoms with E-state index in [0.29, 0.717) is 32.1 Å². The molecule has 1 aliphatic rings. The van der Waals surface area contributed by atoms with Gasteiger partial charge in [0.2, 0.25) is 0 Å². The normalized spacial score (nSPS) is 20.5. The molecule has 0 radical (unpaired) electrons. The van der Waals surface area contributed by atoms with Crippen molar-refractivity contribution in [2.24, 2.45) is 11.8 Å². The van der Waals surface area contributed by atoms with Crippen LogP contribution in [-0.2, 0) is 28.2 Å². The van der Waals surface area contributed by atoms with Gasteiger partial charge in [0, 0.05) is 25.2 Å². The number of ether oxygens (including phenoxy) is 2. The first-order valence-corrected chi connectivity index (χ1v) is 22.4. The van der Waals surface area contributed by atoms with Gasteiger partial charge in [0.15, 0.2) is 6.10 Å². The molecule has 6 atom stereocenters. The van der Waals surface area contributed by atoms with Gasteiger partial charge in [0.05, 0.1) is 24.9 Å². The second-order valence-corrected chi connectivity index (χ2v) is 15.8. The molecule has 1 aliphatic carbocycles. The number of phosphoric acid groups is 1. The summed E-state index contributed by atoms with van der Waals surface area (Å²) in [6.45, 7) is 3.32. The molecule has 12 heteroatoms. The summed E-state index contributed by atoms with van der Waals surface area (Å²) in [5.41, 5.74) is 0. The number of hydrogen-bond donors (Lipinski definition) is 5. The molecule has 5 N–H and O–H groups in total. The van der Waals surface area contributed by atoms with Crippen LogP contribution in [0.3, 0.4) is 0 Å². The highest BCUT2D eigenvalue weighted by atomic mass is 31.2. The van der Waals surface area contributed by atoms with Crippen molar-refractivity contribution in [3.63, 3.8) is 0 Å². The molecule has 1 saturated carbocycles. The van der Waals surface area contributed by atoms with Gasteiger partial charge in [-0.3, -0.25) is 14.1 Å². The van der Waals surface area contributed by atoms with Crippen molar-refractivity contribution >= 4 is 19.8 Å². The van der Waals surface area contributed by atoms with E-state index in [1.165, 1.54) is 19.3 Å². The molecule has 55 heavy (non-hydrogen) atoms. The molecule has 0 saturated heterocycles. The molecule has 0 heterocycles. The van der Waals surface area contributed by atoms with Crippen LogP contribution in [0.4, 0.5) is 0 Å². The number of phosphoric ester groups is 1. The zero-order chi connectivity index (χ0) is 40.6. The Morgan fingerprint density at radius 3 is 1.93 bits per heavy atom. The molecular formula is C43H73O11P. The smallest absolute Gasteiger partial charge is 0.462 e. The first-order chi connectivity index (χ1) is 26.5. The Kier molecular flexibility index (Phi) is 30.1. The number of unbranched alkanes of at least 4 members (excludes halogenated alkanes) is 9. The predicted octanol–water partition coefficient (Wildman–Crippen LogP) is 8.89. The lowest BCUT2D eigenvalue weighted by molar-refractivity contribution is -0.161.